The lowest BCUT2D eigenvalue weighted by molar-refractivity contribution is 0.0939. The summed E-state index contributed by atoms with van der Waals surface area (Å²) < 4.78 is 7.43. The normalized spacial score (nSPS) is 11.9. The van der Waals surface area contributed by atoms with Crippen molar-refractivity contribution in [2.24, 2.45) is 0 Å². The summed E-state index contributed by atoms with van der Waals surface area (Å²) in [5.41, 5.74) is 1.78. The smallest absolute Gasteiger partial charge is 0.251 e. The molecular weight excluding hydrogens is 372 g/mol. The van der Waals surface area contributed by atoms with Gasteiger partial charge in [-0.1, -0.05) is 36.9 Å². The largest absolute Gasteiger partial charge is 0.461 e. The van der Waals surface area contributed by atoms with E-state index in [-0.39, 0.29) is 11.9 Å². The Morgan fingerprint density at radius 1 is 1.32 bits per heavy atom. The van der Waals surface area contributed by atoms with Crippen molar-refractivity contribution in [3.63, 3.8) is 0 Å². The molecule has 1 atom stereocenters. The number of nitrogens with one attached hydrogen (secondary N) is 1. The van der Waals surface area contributed by atoms with Gasteiger partial charge >= 0.3 is 0 Å². The second-order valence-corrected chi connectivity index (χ2v) is 7.39. The molecule has 0 saturated heterocycles. The maximum Gasteiger partial charge on any atom is 0.251 e. The molecule has 1 N–H and O–H groups in total. The molecular formula is C21H24N4O2S. The highest BCUT2D eigenvalue weighted by Gasteiger charge is 2.15. The van der Waals surface area contributed by atoms with Crippen LogP contribution in [0, 0.1) is 0 Å². The molecule has 0 fully saturated rings. The zero-order valence-electron chi connectivity index (χ0n) is 16.1. The minimum absolute atomic E-state index is 0.0395. The van der Waals surface area contributed by atoms with E-state index < -0.39 is 0 Å². The quantitative estimate of drug-likeness (QED) is 0.424. The lowest BCUT2D eigenvalue weighted by Crippen LogP contribution is -2.31. The number of amides is 1. The number of carbonyl (C=O) groups excluding carboxylic acids is 1. The van der Waals surface area contributed by atoms with Crippen LogP contribution in [0.3, 0.4) is 0 Å². The number of benzene rings is 1. The summed E-state index contributed by atoms with van der Waals surface area (Å²) in [7, 11) is 0. The number of nitrogens with zero attached hydrogens (tertiary/aromatic N) is 3. The Morgan fingerprint density at radius 3 is 2.75 bits per heavy atom. The Hall–Kier alpha value is -2.80. The van der Waals surface area contributed by atoms with Crippen molar-refractivity contribution in [1.29, 1.82) is 0 Å². The van der Waals surface area contributed by atoms with Gasteiger partial charge in [0, 0.05) is 23.9 Å². The van der Waals surface area contributed by atoms with Crippen molar-refractivity contribution in [3.05, 3.63) is 66.4 Å². The van der Waals surface area contributed by atoms with Gasteiger partial charge in [0.15, 0.2) is 10.9 Å². The van der Waals surface area contributed by atoms with Gasteiger partial charge in [-0.25, -0.2) is 0 Å². The standard InChI is InChI=1S/C21H24N4O2S/c1-4-12-25-19(18-7-6-13-27-18)23-24-21(25)28-14-16-8-10-17(11-9-16)20(26)22-15(3)5-2/h4,6-11,13,15H,1,5,12,14H2,2-3H3,(H,22,26). The second kappa shape index (κ2) is 9.41. The molecule has 0 aliphatic carbocycles. The van der Waals surface area contributed by atoms with Crippen molar-refractivity contribution in [1.82, 2.24) is 20.1 Å². The summed E-state index contributed by atoms with van der Waals surface area (Å²) in [4.78, 5) is 12.2. The third-order valence-corrected chi connectivity index (χ3v) is 5.38. The average Bonchev–Trinajstić information content (AvgIpc) is 3.37. The summed E-state index contributed by atoms with van der Waals surface area (Å²) in [6, 6.07) is 11.5. The molecule has 3 aromatic rings. The number of hydrogen-bond donors (Lipinski definition) is 1. The van der Waals surface area contributed by atoms with Crippen LogP contribution in [-0.4, -0.2) is 26.7 Å². The van der Waals surface area contributed by atoms with Gasteiger partial charge in [0.05, 0.1) is 6.26 Å². The van der Waals surface area contributed by atoms with E-state index in [1.807, 2.05) is 60.9 Å². The summed E-state index contributed by atoms with van der Waals surface area (Å²) in [6.07, 6.45) is 4.34. The van der Waals surface area contributed by atoms with Crippen molar-refractivity contribution in [3.8, 4) is 11.6 Å². The highest BCUT2D eigenvalue weighted by molar-refractivity contribution is 7.98. The number of carbonyl (C=O) groups is 1. The molecule has 1 amide bonds. The second-order valence-electron chi connectivity index (χ2n) is 6.45. The monoisotopic (exact) mass is 396 g/mol. The molecule has 0 bridgehead atoms. The van der Waals surface area contributed by atoms with Crippen LogP contribution in [0.15, 0.2) is 64.9 Å². The lowest BCUT2D eigenvalue weighted by atomic mass is 10.1. The summed E-state index contributed by atoms with van der Waals surface area (Å²) >= 11 is 1.59. The van der Waals surface area contributed by atoms with Crippen LogP contribution in [0.5, 0.6) is 0 Å². The van der Waals surface area contributed by atoms with E-state index >= 15 is 0 Å². The van der Waals surface area contributed by atoms with Crippen molar-refractivity contribution >= 4 is 17.7 Å². The number of aromatic nitrogens is 3. The van der Waals surface area contributed by atoms with Gasteiger partial charge in [-0.3, -0.25) is 9.36 Å². The highest BCUT2D eigenvalue weighted by atomic mass is 32.2. The minimum atomic E-state index is -0.0395. The summed E-state index contributed by atoms with van der Waals surface area (Å²) in [6.45, 7) is 8.46. The zero-order valence-corrected chi connectivity index (χ0v) is 16.9. The van der Waals surface area contributed by atoms with E-state index in [2.05, 4.69) is 22.1 Å². The topological polar surface area (TPSA) is 73.0 Å². The van der Waals surface area contributed by atoms with Gasteiger partial charge in [0.2, 0.25) is 5.82 Å². The number of furan rings is 1. The van der Waals surface area contributed by atoms with Crippen LogP contribution in [0.25, 0.3) is 11.6 Å². The summed E-state index contributed by atoms with van der Waals surface area (Å²) in [5, 5.41) is 12.3. The van der Waals surface area contributed by atoms with Crippen LogP contribution in [0.1, 0.15) is 36.2 Å². The molecule has 7 heteroatoms. The highest BCUT2D eigenvalue weighted by Crippen LogP contribution is 2.26. The van der Waals surface area contributed by atoms with Crippen molar-refractivity contribution in [2.45, 2.75) is 43.8 Å². The fraction of sp³-hybridized carbons (Fsp3) is 0.286. The first kappa shape index (κ1) is 19.9. The first-order valence-corrected chi connectivity index (χ1v) is 10.2. The maximum absolute atomic E-state index is 12.2. The molecule has 1 unspecified atom stereocenters. The fourth-order valence-electron chi connectivity index (χ4n) is 2.59. The third kappa shape index (κ3) is 4.72. The van der Waals surface area contributed by atoms with Crippen LogP contribution < -0.4 is 5.32 Å². The van der Waals surface area contributed by atoms with Gasteiger partial charge in [-0.15, -0.1) is 16.8 Å². The molecule has 2 aromatic heterocycles. The molecule has 3 rings (SSSR count). The average molecular weight is 397 g/mol. The van der Waals surface area contributed by atoms with Crippen LogP contribution in [0.4, 0.5) is 0 Å². The van der Waals surface area contributed by atoms with E-state index in [1.165, 1.54) is 0 Å². The Kier molecular flexibility index (Phi) is 6.71. The van der Waals surface area contributed by atoms with Crippen LogP contribution in [-0.2, 0) is 12.3 Å². The Morgan fingerprint density at radius 2 is 2.11 bits per heavy atom. The molecule has 0 aliphatic rings. The zero-order chi connectivity index (χ0) is 19.9. The number of thioether (sulfide) groups is 1. The first-order chi connectivity index (χ1) is 13.6. The summed E-state index contributed by atoms with van der Waals surface area (Å²) in [5.74, 6) is 2.05. The Labute approximate surface area is 169 Å². The number of rotatable bonds is 9. The minimum Gasteiger partial charge on any atom is -0.461 e. The van der Waals surface area contributed by atoms with E-state index in [1.54, 1.807) is 18.0 Å². The third-order valence-electron chi connectivity index (χ3n) is 4.34. The van der Waals surface area contributed by atoms with E-state index in [0.29, 0.717) is 23.7 Å². The van der Waals surface area contributed by atoms with Gasteiger partial charge < -0.3 is 9.73 Å². The molecule has 146 valence electrons. The fourth-order valence-corrected chi connectivity index (χ4v) is 3.49. The van der Waals surface area contributed by atoms with Gasteiger partial charge in [-0.05, 0) is 43.2 Å². The lowest BCUT2D eigenvalue weighted by Gasteiger charge is -2.11. The van der Waals surface area contributed by atoms with Crippen molar-refractivity contribution < 1.29 is 9.21 Å². The molecule has 0 saturated carbocycles. The predicted molar refractivity (Wildman–Crippen MR) is 111 cm³/mol. The van der Waals surface area contributed by atoms with E-state index in [4.69, 9.17) is 4.42 Å². The van der Waals surface area contributed by atoms with Crippen LogP contribution in [0.2, 0.25) is 0 Å². The van der Waals surface area contributed by atoms with E-state index in [9.17, 15) is 4.79 Å². The van der Waals surface area contributed by atoms with Gasteiger partial charge in [0.1, 0.15) is 0 Å². The molecule has 28 heavy (non-hydrogen) atoms. The SMILES string of the molecule is C=CCn1c(SCc2ccc(C(=O)NC(C)CC)cc2)nnc1-c1ccco1. The number of hydrogen-bond acceptors (Lipinski definition) is 5. The van der Waals surface area contributed by atoms with Gasteiger partial charge in [0.25, 0.3) is 5.91 Å². The predicted octanol–water partition coefficient (Wildman–Crippen LogP) is 4.54. The van der Waals surface area contributed by atoms with Gasteiger partial charge in [-0.2, -0.15) is 0 Å². The molecule has 6 nitrogen and oxygen atoms in total. The molecule has 1 aromatic carbocycles. The van der Waals surface area contributed by atoms with E-state index in [0.717, 1.165) is 22.9 Å². The molecule has 0 radical (unpaired) electrons. The number of allylic oxidation sites excluding steroid dienone is 1. The Bertz CT molecular complexity index is 917. The van der Waals surface area contributed by atoms with Crippen molar-refractivity contribution in [2.75, 3.05) is 0 Å². The first-order valence-electron chi connectivity index (χ1n) is 9.23. The molecule has 2 heterocycles. The molecule has 0 spiro atoms. The van der Waals surface area contributed by atoms with Crippen LogP contribution >= 0.6 is 11.8 Å². The Balaban J connectivity index is 1.67. The molecule has 0 aliphatic heterocycles. The maximum atomic E-state index is 12.2.